The first-order valence-corrected chi connectivity index (χ1v) is 9.08. The van der Waals surface area contributed by atoms with Gasteiger partial charge in [-0.05, 0) is 37.6 Å². The van der Waals surface area contributed by atoms with Crippen LogP contribution in [0.15, 0.2) is 53.4 Å². The molecule has 24 heavy (non-hydrogen) atoms. The minimum atomic E-state index is -3.75. The van der Waals surface area contributed by atoms with E-state index in [0.29, 0.717) is 29.0 Å². The van der Waals surface area contributed by atoms with Crippen LogP contribution in [-0.2, 0) is 10.0 Å². The summed E-state index contributed by atoms with van der Waals surface area (Å²) in [6.45, 7) is 4.27. The Balaban J connectivity index is 2.08. The van der Waals surface area contributed by atoms with E-state index in [0.717, 1.165) is 0 Å². The van der Waals surface area contributed by atoms with E-state index in [1.54, 1.807) is 37.3 Å². The van der Waals surface area contributed by atoms with Gasteiger partial charge in [0.25, 0.3) is 10.0 Å². The van der Waals surface area contributed by atoms with Crippen LogP contribution in [0.4, 0.5) is 11.6 Å². The van der Waals surface area contributed by atoms with Crippen molar-refractivity contribution in [3.8, 4) is 0 Å². The monoisotopic (exact) mass is 342 g/mol. The van der Waals surface area contributed by atoms with E-state index in [4.69, 9.17) is 0 Å². The molecule has 0 atom stereocenters. The van der Waals surface area contributed by atoms with Crippen molar-refractivity contribution < 1.29 is 8.42 Å². The molecule has 0 bridgehead atoms. The highest BCUT2D eigenvalue weighted by atomic mass is 32.2. The lowest BCUT2D eigenvalue weighted by Gasteiger charge is -2.13. The predicted octanol–water partition coefficient (Wildman–Crippen LogP) is 3.17. The van der Waals surface area contributed by atoms with Gasteiger partial charge in [-0.2, -0.15) is 0 Å². The third kappa shape index (κ3) is 3.16. The van der Waals surface area contributed by atoms with Crippen LogP contribution in [0.1, 0.15) is 12.5 Å². The van der Waals surface area contributed by atoms with Gasteiger partial charge in [0.1, 0.15) is 0 Å². The summed E-state index contributed by atoms with van der Waals surface area (Å²) in [5, 5.41) is 3.06. The standard InChI is InChI=1S/C17H18N4O2S/c1-3-18-16-17(20-14-10-6-5-9-13(14)19-16)21-24(22,23)15-11-7-4-8-12(15)2/h4-11H,3H2,1-2H3,(H,18,19)(H,20,21). The van der Waals surface area contributed by atoms with E-state index in [1.807, 2.05) is 25.1 Å². The quantitative estimate of drug-likeness (QED) is 0.744. The fourth-order valence-electron chi connectivity index (χ4n) is 2.40. The van der Waals surface area contributed by atoms with Gasteiger partial charge in [-0.1, -0.05) is 30.3 Å². The molecule has 0 amide bonds. The summed E-state index contributed by atoms with van der Waals surface area (Å²) in [6, 6.07) is 14.2. The maximum atomic E-state index is 12.7. The maximum Gasteiger partial charge on any atom is 0.263 e. The van der Waals surface area contributed by atoms with E-state index >= 15 is 0 Å². The second-order valence-corrected chi connectivity index (χ2v) is 6.96. The van der Waals surface area contributed by atoms with Gasteiger partial charge in [-0.25, -0.2) is 18.4 Å². The summed E-state index contributed by atoms with van der Waals surface area (Å²) in [5.41, 5.74) is 2.00. The molecule has 3 aromatic rings. The molecule has 0 spiro atoms. The second kappa shape index (κ2) is 6.45. The summed E-state index contributed by atoms with van der Waals surface area (Å²) in [4.78, 5) is 9.11. The molecule has 0 radical (unpaired) electrons. The number of hydrogen-bond acceptors (Lipinski definition) is 5. The van der Waals surface area contributed by atoms with Crippen molar-refractivity contribution in [2.45, 2.75) is 18.7 Å². The maximum absolute atomic E-state index is 12.7. The number of sulfonamides is 1. The van der Waals surface area contributed by atoms with E-state index in [9.17, 15) is 8.42 Å². The number of benzene rings is 2. The van der Waals surface area contributed by atoms with Crippen LogP contribution in [0.5, 0.6) is 0 Å². The molecule has 0 saturated heterocycles. The number of rotatable bonds is 5. The van der Waals surface area contributed by atoms with Crippen molar-refractivity contribution in [2.24, 2.45) is 0 Å². The Labute approximate surface area is 141 Å². The van der Waals surface area contributed by atoms with Crippen molar-refractivity contribution in [3.05, 3.63) is 54.1 Å². The van der Waals surface area contributed by atoms with Crippen LogP contribution in [-0.4, -0.2) is 24.9 Å². The first kappa shape index (κ1) is 16.2. The Bertz CT molecular complexity index is 987. The van der Waals surface area contributed by atoms with Gasteiger partial charge in [0.15, 0.2) is 11.6 Å². The Kier molecular flexibility index (Phi) is 4.35. The molecule has 6 nitrogen and oxygen atoms in total. The summed E-state index contributed by atoms with van der Waals surface area (Å²) in [6.07, 6.45) is 0. The third-order valence-corrected chi connectivity index (χ3v) is 5.03. The van der Waals surface area contributed by atoms with E-state index in [-0.39, 0.29) is 10.7 Å². The van der Waals surface area contributed by atoms with Gasteiger partial charge in [-0.15, -0.1) is 0 Å². The van der Waals surface area contributed by atoms with Crippen LogP contribution >= 0.6 is 0 Å². The Hall–Kier alpha value is -2.67. The average Bonchev–Trinajstić information content (AvgIpc) is 2.55. The van der Waals surface area contributed by atoms with Crippen molar-refractivity contribution in [2.75, 3.05) is 16.6 Å². The molecule has 2 aromatic carbocycles. The SMILES string of the molecule is CCNc1nc2ccccc2nc1NS(=O)(=O)c1ccccc1C. The van der Waals surface area contributed by atoms with Crippen LogP contribution < -0.4 is 10.0 Å². The number of hydrogen-bond donors (Lipinski definition) is 2. The van der Waals surface area contributed by atoms with Crippen molar-refractivity contribution in [1.29, 1.82) is 0 Å². The molecule has 1 heterocycles. The lowest BCUT2D eigenvalue weighted by atomic mass is 10.2. The predicted molar refractivity (Wildman–Crippen MR) is 95.7 cm³/mol. The third-order valence-electron chi connectivity index (χ3n) is 3.53. The molecule has 3 rings (SSSR count). The van der Waals surface area contributed by atoms with Gasteiger partial charge >= 0.3 is 0 Å². The molecule has 0 unspecified atom stereocenters. The Morgan fingerprint density at radius 3 is 2.12 bits per heavy atom. The lowest BCUT2D eigenvalue weighted by molar-refractivity contribution is 0.600. The second-order valence-electron chi connectivity index (χ2n) is 5.31. The fraction of sp³-hybridized carbons (Fsp3) is 0.176. The van der Waals surface area contributed by atoms with E-state index in [2.05, 4.69) is 20.0 Å². The molecule has 0 saturated carbocycles. The number of fused-ring (bicyclic) bond motifs is 1. The molecule has 7 heteroatoms. The highest BCUT2D eigenvalue weighted by Crippen LogP contribution is 2.25. The number of anilines is 2. The van der Waals surface area contributed by atoms with Crippen LogP contribution in [0.3, 0.4) is 0 Å². The number of nitrogens with zero attached hydrogens (tertiary/aromatic N) is 2. The topological polar surface area (TPSA) is 84.0 Å². The molecule has 0 aliphatic rings. The minimum Gasteiger partial charge on any atom is -0.367 e. The highest BCUT2D eigenvalue weighted by molar-refractivity contribution is 7.92. The molecule has 0 fully saturated rings. The summed E-state index contributed by atoms with van der Waals surface area (Å²) < 4.78 is 28.0. The molecule has 0 aliphatic carbocycles. The number of para-hydroxylation sites is 2. The van der Waals surface area contributed by atoms with Crippen molar-refractivity contribution in [1.82, 2.24) is 9.97 Å². The Morgan fingerprint density at radius 1 is 0.917 bits per heavy atom. The van der Waals surface area contributed by atoms with E-state index < -0.39 is 10.0 Å². The van der Waals surface area contributed by atoms with Crippen LogP contribution in [0.25, 0.3) is 11.0 Å². The molecule has 124 valence electrons. The number of aryl methyl sites for hydroxylation is 1. The first-order chi connectivity index (χ1) is 11.5. The largest absolute Gasteiger partial charge is 0.367 e. The summed E-state index contributed by atoms with van der Waals surface area (Å²) >= 11 is 0. The smallest absolute Gasteiger partial charge is 0.263 e. The molecular weight excluding hydrogens is 324 g/mol. The Morgan fingerprint density at radius 2 is 1.50 bits per heavy atom. The van der Waals surface area contributed by atoms with Crippen molar-refractivity contribution in [3.63, 3.8) is 0 Å². The first-order valence-electron chi connectivity index (χ1n) is 7.60. The lowest BCUT2D eigenvalue weighted by Crippen LogP contribution is -2.17. The molecule has 2 N–H and O–H groups in total. The zero-order chi connectivity index (χ0) is 17.2. The summed E-state index contributed by atoms with van der Waals surface area (Å²) in [7, 11) is -3.75. The van der Waals surface area contributed by atoms with Crippen LogP contribution in [0, 0.1) is 6.92 Å². The fourth-order valence-corrected chi connectivity index (χ4v) is 3.66. The number of nitrogens with one attached hydrogen (secondary N) is 2. The number of aromatic nitrogens is 2. The normalized spacial score (nSPS) is 11.4. The van der Waals surface area contributed by atoms with Gasteiger partial charge in [0, 0.05) is 6.54 Å². The highest BCUT2D eigenvalue weighted by Gasteiger charge is 2.20. The van der Waals surface area contributed by atoms with Gasteiger partial charge < -0.3 is 5.32 Å². The zero-order valence-corrected chi connectivity index (χ0v) is 14.3. The van der Waals surface area contributed by atoms with Crippen LogP contribution in [0.2, 0.25) is 0 Å². The zero-order valence-electron chi connectivity index (χ0n) is 13.4. The van der Waals surface area contributed by atoms with Gasteiger partial charge in [-0.3, -0.25) is 4.72 Å². The molecule has 0 aliphatic heterocycles. The van der Waals surface area contributed by atoms with E-state index in [1.165, 1.54) is 0 Å². The van der Waals surface area contributed by atoms with Crippen molar-refractivity contribution >= 4 is 32.7 Å². The molecule has 1 aromatic heterocycles. The van der Waals surface area contributed by atoms with Gasteiger partial charge in [0.2, 0.25) is 0 Å². The van der Waals surface area contributed by atoms with Gasteiger partial charge in [0.05, 0.1) is 15.9 Å². The average molecular weight is 342 g/mol. The summed E-state index contributed by atoms with van der Waals surface area (Å²) in [5.74, 6) is 0.604. The molecular formula is C17H18N4O2S. The minimum absolute atomic E-state index is 0.193.